The van der Waals surface area contributed by atoms with Crippen LogP contribution in [0.3, 0.4) is 0 Å². The minimum Gasteiger partial charge on any atom is -0.462 e. The zero-order valence-electron chi connectivity index (χ0n) is 9.86. The molecule has 1 aromatic rings. The smallest absolute Gasteiger partial charge is 0.344 e. The van der Waals surface area contributed by atoms with Crippen LogP contribution in [0.15, 0.2) is 0 Å². The van der Waals surface area contributed by atoms with E-state index in [1.165, 1.54) is 30.8 Å². The summed E-state index contributed by atoms with van der Waals surface area (Å²) < 4.78 is 8.96. The minimum atomic E-state index is -0.394. The molecule has 1 aliphatic carbocycles. The SMILES string of the molecule is CCOC(=O)c1c(N)nsc1NCC1CCC1. The highest BCUT2D eigenvalue weighted by Crippen LogP contribution is 2.30. The van der Waals surface area contributed by atoms with Crippen LogP contribution in [0.5, 0.6) is 0 Å². The topological polar surface area (TPSA) is 77.2 Å². The lowest BCUT2D eigenvalue weighted by Crippen LogP contribution is -2.21. The molecule has 1 heterocycles. The second-order valence-electron chi connectivity index (χ2n) is 4.17. The predicted octanol–water partition coefficient (Wildman–Crippen LogP) is 2.11. The van der Waals surface area contributed by atoms with Crippen LogP contribution < -0.4 is 11.1 Å². The van der Waals surface area contributed by atoms with E-state index < -0.39 is 5.97 Å². The molecule has 0 bridgehead atoms. The first-order valence-corrected chi connectivity index (χ1v) is 6.65. The van der Waals surface area contributed by atoms with Crippen molar-refractivity contribution < 1.29 is 9.53 Å². The summed E-state index contributed by atoms with van der Waals surface area (Å²) in [4.78, 5) is 11.7. The van der Waals surface area contributed by atoms with E-state index >= 15 is 0 Å². The Kier molecular flexibility index (Phi) is 3.83. The highest BCUT2D eigenvalue weighted by atomic mass is 32.1. The average Bonchev–Trinajstić information content (AvgIpc) is 2.58. The van der Waals surface area contributed by atoms with E-state index in [1.54, 1.807) is 6.92 Å². The number of nitrogens with one attached hydrogen (secondary N) is 1. The maximum absolute atomic E-state index is 11.7. The van der Waals surface area contributed by atoms with Gasteiger partial charge in [-0.3, -0.25) is 0 Å². The fourth-order valence-corrected chi connectivity index (χ4v) is 2.47. The average molecular weight is 255 g/mol. The van der Waals surface area contributed by atoms with Gasteiger partial charge in [0.2, 0.25) is 0 Å². The molecule has 2 rings (SSSR count). The van der Waals surface area contributed by atoms with Crippen LogP contribution >= 0.6 is 11.5 Å². The Morgan fingerprint density at radius 3 is 3.00 bits per heavy atom. The summed E-state index contributed by atoms with van der Waals surface area (Å²) in [5, 5.41) is 3.98. The van der Waals surface area contributed by atoms with E-state index in [2.05, 4.69) is 9.69 Å². The maximum Gasteiger partial charge on any atom is 0.344 e. The van der Waals surface area contributed by atoms with Crippen LogP contribution in [0, 0.1) is 5.92 Å². The summed E-state index contributed by atoms with van der Waals surface area (Å²) in [5.74, 6) is 0.577. The minimum absolute atomic E-state index is 0.254. The second-order valence-corrected chi connectivity index (χ2v) is 4.94. The van der Waals surface area contributed by atoms with Gasteiger partial charge in [0, 0.05) is 6.54 Å². The molecule has 5 nitrogen and oxygen atoms in total. The Labute approximate surface area is 105 Å². The van der Waals surface area contributed by atoms with Crippen molar-refractivity contribution in [3.8, 4) is 0 Å². The summed E-state index contributed by atoms with van der Waals surface area (Å²) in [6.45, 7) is 3.00. The van der Waals surface area contributed by atoms with Gasteiger partial charge in [-0.2, -0.15) is 4.37 Å². The van der Waals surface area contributed by atoms with Crippen LogP contribution in [-0.2, 0) is 4.74 Å². The number of carbonyl (C=O) groups excluding carboxylic acids is 1. The first kappa shape index (κ1) is 12.2. The Morgan fingerprint density at radius 2 is 2.41 bits per heavy atom. The molecule has 0 atom stereocenters. The van der Waals surface area contributed by atoms with Gasteiger partial charge in [0.1, 0.15) is 10.6 Å². The molecule has 0 unspecified atom stereocenters. The normalized spacial score (nSPS) is 15.4. The highest BCUT2D eigenvalue weighted by Gasteiger charge is 2.22. The number of esters is 1. The van der Waals surface area contributed by atoms with Crippen molar-refractivity contribution in [2.45, 2.75) is 26.2 Å². The van der Waals surface area contributed by atoms with Gasteiger partial charge in [0.15, 0.2) is 5.82 Å². The molecular weight excluding hydrogens is 238 g/mol. The molecule has 1 aliphatic rings. The first-order valence-electron chi connectivity index (χ1n) is 5.88. The molecule has 1 saturated carbocycles. The molecule has 0 radical (unpaired) electrons. The molecule has 1 fully saturated rings. The number of hydrogen-bond donors (Lipinski definition) is 2. The highest BCUT2D eigenvalue weighted by molar-refractivity contribution is 7.11. The van der Waals surface area contributed by atoms with Gasteiger partial charge in [-0.05, 0) is 37.2 Å². The second kappa shape index (κ2) is 5.35. The van der Waals surface area contributed by atoms with Crippen molar-refractivity contribution in [2.75, 3.05) is 24.2 Å². The molecule has 0 saturated heterocycles. The summed E-state index contributed by atoms with van der Waals surface area (Å²) in [5.41, 5.74) is 6.07. The van der Waals surface area contributed by atoms with E-state index in [0.717, 1.165) is 11.5 Å². The van der Waals surface area contributed by atoms with E-state index in [0.29, 0.717) is 18.1 Å². The van der Waals surface area contributed by atoms with Crippen LogP contribution in [0.1, 0.15) is 36.5 Å². The molecule has 1 aromatic heterocycles. The number of nitrogen functional groups attached to an aromatic ring is 1. The number of nitrogens with two attached hydrogens (primary N) is 1. The van der Waals surface area contributed by atoms with E-state index in [9.17, 15) is 4.79 Å². The van der Waals surface area contributed by atoms with Crippen LogP contribution in [0.2, 0.25) is 0 Å². The van der Waals surface area contributed by atoms with Crippen molar-refractivity contribution in [1.29, 1.82) is 0 Å². The molecule has 0 aromatic carbocycles. The largest absolute Gasteiger partial charge is 0.462 e. The van der Waals surface area contributed by atoms with Gasteiger partial charge >= 0.3 is 5.97 Å². The number of nitrogens with zero attached hydrogens (tertiary/aromatic N) is 1. The van der Waals surface area contributed by atoms with Gasteiger partial charge in [0.05, 0.1) is 6.61 Å². The standard InChI is InChI=1S/C11H17N3O2S/c1-2-16-11(15)8-9(12)14-17-10(8)13-6-7-4-3-5-7/h7,13H,2-6H2,1H3,(H2,12,14). The summed E-state index contributed by atoms with van der Waals surface area (Å²) in [7, 11) is 0. The Hall–Kier alpha value is -1.30. The predicted molar refractivity (Wildman–Crippen MR) is 68.3 cm³/mol. The molecule has 0 aliphatic heterocycles. The van der Waals surface area contributed by atoms with Gasteiger partial charge < -0.3 is 15.8 Å². The van der Waals surface area contributed by atoms with Crippen molar-refractivity contribution in [3.05, 3.63) is 5.56 Å². The molecule has 0 spiro atoms. The molecule has 0 amide bonds. The maximum atomic E-state index is 11.7. The van der Waals surface area contributed by atoms with Crippen molar-refractivity contribution in [1.82, 2.24) is 4.37 Å². The van der Waals surface area contributed by atoms with Crippen molar-refractivity contribution in [3.63, 3.8) is 0 Å². The Balaban J connectivity index is 2.02. The van der Waals surface area contributed by atoms with Crippen LogP contribution in [0.4, 0.5) is 10.8 Å². The zero-order chi connectivity index (χ0) is 12.3. The van der Waals surface area contributed by atoms with E-state index in [4.69, 9.17) is 10.5 Å². The van der Waals surface area contributed by atoms with E-state index in [-0.39, 0.29) is 5.82 Å². The van der Waals surface area contributed by atoms with Gasteiger partial charge in [-0.15, -0.1) is 0 Å². The van der Waals surface area contributed by atoms with Gasteiger partial charge in [-0.1, -0.05) is 6.42 Å². The molecule has 17 heavy (non-hydrogen) atoms. The Bertz CT molecular complexity index is 401. The summed E-state index contributed by atoms with van der Waals surface area (Å²) in [6.07, 6.45) is 3.83. The number of anilines is 2. The third-order valence-electron chi connectivity index (χ3n) is 2.97. The fraction of sp³-hybridized carbons (Fsp3) is 0.636. The lowest BCUT2D eigenvalue weighted by Gasteiger charge is -2.25. The van der Waals surface area contributed by atoms with Crippen LogP contribution in [-0.4, -0.2) is 23.5 Å². The Morgan fingerprint density at radius 1 is 1.65 bits per heavy atom. The van der Waals surface area contributed by atoms with Crippen molar-refractivity contribution in [2.24, 2.45) is 5.92 Å². The lowest BCUT2D eigenvalue weighted by molar-refractivity contribution is 0.0529. The van der Waals surface area contributed by atoms with Gasteiger partial charge in [-0.25, -0.2) is 4.79 Å². The van der Waals surface area contributed by atoms with Crippen LogP contribution in [0.25, 0.3) is 0 Å². The number of ether oxygens (including phenoxy) is 1. The fourth-order valence-electron chi connectivity index (χ4n) is 1.76. The third-order valence-corrected chi connectivity index (χ3v) is 3.79. The van der Waals surface area contributed by atoms with E-state index in [1.807, 2.05) is 0 Å². The molecule has 3 N–H and O–H groups in total. The quantitative estimate of drug-likeness (QED) is 0.788. The van der Waals surface area contributed by atoms with Crippen molar-refractivity contribution >= 4 is 28.3 Å². The zero-order valence-corrected chi connectivity index (χ0v) is 10.7. The number of rotatable bonds is 5. The molecular formula is C11H17N3O2S. The number of carbonyl (C=O) groups is 1. The molecule has 94 valence electrons. The number of hydrogen-bond acceptors (Lipinski definition) is 6. The summed E-state index contributed by atoms with van der Waals surface area (Å²) >= 11 is 1.22. The first-order chi connectivity index (χ1) is 8.22. The third kappa shape index (κ3) is 2.69. The summed E-state index contributed by atoms with van der Waals surface area (Å²) in [6, 6.07) is 0. The molecule has 6 heteroatoms. The number of aromatic nitrogens is 1. The monoisotopic (exact) mass is 255 g/mol. The van der Waals surface area contributed by atoms with Gasteiger partial charge in [0.25, 0.3) is 0 Å². The lowest BCUT2D eigenvalue weighted by atomic mass is 9.85.